The van der Waals surface area contributed by atoms with E-state index in [-0.39, 0.29) is 18.9 Å². The Morgan fingerprint density at radius 1 is 1.18 bits per heavy atom. The van der Waals surface area contributed by atoms with Gasteiger partial charge in [-0.15, -0.1) is 0 Å². The van der Waals surface area contributed by atoms with Gasteiger partial charge in [0.2, 0.25) is 5.91 Å². The first-order valence-electron chi connectivity index (χ1n) is 12.7. The molecule has 2 aliphatic rings. The number of aryl methyl sites for hydroxylation is 1. The number of para-hydroxylation sites is 1. The van der Waals surface area contributed by atoms with Crippen LogP contribution in [0, 0.1) is 6.92 Å². The number of aromatic nitrogens is 1. The van der Waals surface area contributed by atoms with Gasteiger partial charge in [-0.25, -0.2) is 5.48 Å². The van der Waals surface area contributed by atoms with Crippen LogP contribution < -0.4 is 20.9 Å². The van der Waals surface area contributed by atoms with Crippen LogP contribution in [-0.4, -0.2) is 78.9 Å². The fourth-order valence-corrected chi connectivity index (χ4v) is 5.47. The molecule has 2 amide bonds. The Balaban J connectivity index is 1.31. The number of hydroxylamine groups is 1. The van der Waals surface area contributed by atoms with Crippen molar-refractivity contribution in [2.45, 2.75) is 24.5 Å². The van der Waals surface area contributed by atoms with Crippen molar-refractivity contribution < 1.29 is 24.3 Å². The molecule has 0 bridgehead atoms. The molecule has 0 saturated carbocycles. The van der Waals surface area contributed by atoms with E-state index in [2.05, 4.69) is 27.8 Å². The number of hydrogen-bond donors (Lipinski definition) is 4. The van der Waals surface area contributed by atoms with Crippen molar-refractivity contribution in [3.63, 3.8) is 0 Å². The predicted molar refractivity (Wildman–Crippen MR) is 141 cm³/mol. The summed E-state index contributed by atoms with van der Waals surface area (Å²) in [4.78, 5) is 31.4. The number of amides is 2. The van der Waals surface area contributed by atoms with Gasteiger partial charge in [0.25, 0.3) is 5.91 Å². The van der Waals surface area contributed by atoms with Crippen molar-refractivity contribution in [3.05, 3.63) is 71.4 Å². The normalized spacial score (nSPS) is 20.9. The van der Waals surface area contributed by atoms with Gasteiger partial charge in [-0.05, 0) is 55.9 Å². The fraction of sp³-hybridized carbons (Fsp3) is 0.393. The number of benzene rings is 2. The second-order valence-electron chi connectivity index (χ2n) is 10.3. The SMILES string of the molecule is Cc1cc(C2(COc3ccc(C(=O)NC4(CC(=O)NO)CN(C)C4)cc3)CNCCO2)c2ccccc2n1. The molecular weight excluding hydrogens is 486 g/mol. The Bertz CT molecular complexity index is 1320. The molecule has 3 heterocycles. The number of carbonyl (C=O) groups excluding carboxylic acids is 2. The van der Waals surface area contributed by atoms with Crippen molar-refractivity contribution in [2.75, 3.05) is 46.4 Å². The maximum Gasteiger partial charge on any atom is 0.251 e. The van der Waals surface area contributed by atoms with Crippen LogP contribution in [0.15, 0.2) is 54.6 Å². The number of likely N-dealkylation sites (N-methyl/N-ethyl adjacent to an activating group) is 1. The van der Waals surface area contributed by atoms with Gasteiger partial charge in [0.1, 0.15) is 18.0 Å². The Hall–Kier alpha value is -3.57. The number of rotatable bonds is 8. The molecule has 0 spiro atoms. The van der Waals surface area contributed by atoms with E-state index in [9.17, 15) is 9.59 Å². The second kappa shape index (κ2) is 10.7. The molecule has 2 saturated heterocycles. The standard InChI is InChI=1S/C28H33N5O5/c1-19-13-23(22-5-3-4-6-24(22)30-19)28(15-29-11-12-38-28)18-37-21-9-7-20(8-10-21)26(35)31-27(14-25(34)32-36)16-33(2)17-27/h3-10,13,29,36H,11-12,14-18H2,1-2H3,(H,31,35)(H,32,34). The molecule has 3 aromatic rings. The largest absolute Gasteiger partial charge is 0.490 e. The van der Waals surface area contributed by atoms with Gasteiger partial charge in [0, 0.05) is 42.8 Å². The quantitative estimate of drug-likeness (QED) is 0.262. The van der Waals surface area contributed by atoms with Crippen molar-refractivity contribution in [2.24, 2.45) is 0 Å². The van der Waals surface area contributed by atoms with Gasteiger partial charge < -0.3 is 25.0 Å². The van der Waals surface area contributed by atoms with Gasteiger partial charge in [0.05, 0.1) is 24.1 Å². The van der Waals surface area contributed by atoms with E-state index in [4.69, 9.17) is 14.7 Å². The molecular formula is C28H33N5O5. The summed E-state index contributed by atoms with van der Waals surface area (Å²) in [5.41, 5.74) is 3.56. The number of ether oxygens (including phenoxy) is 2. The molecule has 1 aromatic heterocycles. The molecule has 1 atom stereocenters. The highest BCUT2D eigenvalue weighted by molar-refractivity contribution is 5.95. The number of pyridine rings is 1. The minimum atomic E-state index is -0.711. The average molecular weight is 520 g/mol. The predicted octanol–water partition coefficient (Wildman–Crippen LogP) is 1.75. The smallest absolute Gasteiger partial charge is 0.251 e. The zero-order valence-corrected chi connectivity index (χ0v) is 21.6. The van der Waals surface area contributed by atoms with E-state index in [0.717, 1.165) is 28.7 Å². The van der Waals surface area contributed by atoms with Crippen molar-refractivity contribution >= 4 is 22.7 Å². The number of likely N-dealkylation sites (tertiary alicyclic amines) is 1. The lowest BCUT2D eigenvalue weighted by atomic mass is 9.86. The van der Waals surface area contributed by atoms with Crippen LogP contribution in [0.1, 0.15) is 28.0 Å². The van der Waals surface area contributed by atoms with Gasteiger partial charge in [-0.1, -0.05) is 18.2 Å². The molecule has 38 heavy (non-hydrogen) atoms. The van der Waals surface area contributed by atoms with Crippen LogP contribution >= 0.6 is 0 Å². The molecule has 2 aliphatic heterocycles. The molecule has 10 heteroatoms. The number of hydrogen-bond acceptors (Lipinski definition) is 8. The maximum atomic E-state index is 12.9. The monoisotopic (exact) mass is 519 g/mol. The van der Waals surface area contributed by atoms with Crippen molar-refractivity contribution in [1.29, 1.82) is 0 Å². The Labute approximate surface area is 221 Å². The summed E-state index contributed by atoms with van der Waals surface area (Å²) in [6.07, 6.45) is 0.0000549. The van der Waals surface area contributed by atoms with Crippen molar-refractivity contribution in [1.82, 2.24) is 26.0 Å². The van der Waals surface area contributed by atoms with Crippen molar-refractivity contribution in [3.8, 4) is 5.75 Å². The van der Waals surface area contributed by atoms with Gasteiger partial charge in [-0.3, -0.25) is 19.8 Å². The summed E-state index contributed by atoms with van der Waals surface area (Å²) in [7, 11) is 1.90. The summed E-state index contributed by atoms with van der Waals surface area (Å²) in [6.45, 7) is 5.23. The lowest BCUT2D eigenvalue weighted by Gasteiger charge is -2.48. The van der Waals surface area contributed by atoms with E-state index in [1.54, 1.807) is 29.7 Å². The molecule has 0 aliphatic carbocycles. The summed E-state index contributed by atoms with van der Waals surface area (Å²) < 4.78 is 12.6. The lowest BCUT2D eigenvalue weighted by molar-refractivity contribution is -0.132. The maximum absolute atomic E-state index is 12.9. The number of nitrogens with zero attached hydrogens (tertiary/aromatic N) is 2. The molecule has 2 aromatic carbocycles. The van der Waals surface area contributed by atoms with Crippen LogP contribution in [0.2, 0.25) is 0 Å². The summed E-state index contributed by atoms with van der Waals surface area (Å²) in [5, 5.41) is 16.4. The average Bonchev–Trinajstić information content (AvgIpc) is 2.91. The Kier molecular flexibility index (Phi) is 7.31. The highest BCUT2D eigenvalue weighted by Crippen LogP contribution is 2.34. The first-order valence-corrected chi connectivity index (χ1v) is 12.7. The van der Waals surface area contributed by atoms with E-state index >= 15 is 0 Å². The summed E-state index contributed by atoms with van der Waals surface area (Å²) in [6, 6.07) is 17.0. The number of nitrogens with one attached hydrogen (secondary N) is 3. The van der Waals surface area contributed by atoms with Gasteiger partial charge in [-0.2, -0.15) is 0 Å². The molecule has 2 fully saturated rings. The van der Waals surface area contributed by atoms with Crippen LogP contribution in [0.5, 0.6) is 5.75 Å². The third-order valence-corrected chi connectivity index (χ3v) is 7.14. The molecule has 0 radical (unpaired) electrons. The van der Waals surface area contributed by atoms with Gasteiger partial charge >= 0.3 is 0 Å². The molecule has 1 unspecified atom stereocenters. The molecule has 5 rings (SSSR count). The fourth-order valence-electron chi connectivity index (χ4n) is 5.47. The zero-order chi connectivity index (χ0) is 26.8. The highest BCUT2D eigenvalue weighted by Gasteiger charge is 2.44. The minimum Gasteiger partial charge on any atom is -0.490 e. The first-order chi connectivity index (χ1) is 18.3. The van der Waals surface area contributed by atoms with Crippen LogP contribution in [0.4, 0.5) is 0 Å². The zero-order valence-electron chi connectivity index (χ0n) is 21.6. The Morgan fingerprint density at radius 2 is 1.95 bits per heavy atom. The van der Waals surface area contributed by atoms with Crippen LogP contribution in [-0.2, 0) is 15.1 Å². The van der Waals surface area contributed by atoms with Crippen LogP contribution in [0.3, 0.4) is 0 Å². The van der Waals surface area contributed by atoms with E-state index in [0.29, 0.717) is 37.6 Å². The number of morpholine rings is 1. The van der Waals surface area contributed by atoms with E-state index in [1.165, 1.54) is 0 Å². The summed E-state index contributed by atoms with van der Waals surface area (Å²) >= 11 is 0. The third-order valence-electron chi connectivity index (χ3n) is 7.14. The minimum absolute atomic E-state index is 0.0000549. The molecule has 4 N–H and O–H groups in total. The first kappa shape index (κ1) is 26.1. The summed E-state index contributed by atoms with van der Waals surface area (Å²) in [5.74, 6) is -0.207. The highest BCUT2D eigenvalue weighted by atomic mass is 16.5. The van der Waals surface area contributed by atoms with E-state index in [1.807, 2.05) is 37.1 Å². The second-order valence-corrected chi connectivity index (χ2v) is 10.3. The van der Waals surface area contributed by atoms with E-state index < -0.39 is 17.0 Å². The molecule has 10 nitrogen and oxygen atoms in total. The topological polar surface area (TPSA) is 125 Å². The number of fused-ring (bicyclic) bond motifs is 1. The Morgan fingerprint density at radius 3 is 2.63 bits per heavy atom. The molecule has 200 valence electrons. The lowest BCUT2D eigenvalue weighted by Crippen LogP contribution is -2.70. The number of carbonyl (C=O) groups is 2. The van der Waals surface area contributed by atoms with Crippen LogP contribution in [0.25, 0.3) is 10.9 Å². The van der Waals surface area contributed by atoms with Gasteiger partial charge in [0.15, 0.2) is 0 Å². The third kappa shape index (κ3) is 5.34.